The molecular formula is C21H18FN3O3. The fourth-order valence-corrected chi connectivity index (χ4v) is 2.48. The minimum atomic E-state index is -0.432. The van der Waals surface area contributed by atoms with Crippen molar-refractivity contribution in [1.29, 1.82) is 0 Å². The highest BCUT2D eigenvalue weighted by atomic mass is 19.1. The SMILES string of the molecule is C/C(=N/NC(=O)c1ccc(F)cc1)c1ccc(NC(=O)c2ccoc2C)cc1. The summed E-state index contributed by atoms with van der Waals surface area (Å²) in [5.41, 5.74) is 5.20. The zero-order valence-corrected chi connectivity index (χ0v) is 15.3. The summed E-state index contributed by atoms with van der Waals surface area (Å²) in [7, 11) is 0. The van der Waals surface area contributed by atoms with Crippen molar-refractivity contribution in [3.63, 3.8) is 0 Å². The molecule has 1 aromatic heterocycles. The van der Waals surface area contributed by atoms with Crippen LogP contribution in [0.5, 0.6) is 0 Å². The summed E-state index contributed by atoms with van der Waals surface area (Å²) in [5, 5.41) is 6.85. The van der Waals surface area contributed by atoms with Crippen LogP contribution in [0.2, 0.25) is 0 Å². The first-order valence-electron chi connectivity index (χ1n) is 8.50. The molecule has 0 aliphatic rings. The van der Waals surface area contributed by atoms with Crippen molar-refractivity contribution < 1.29 is 18.4 Å². The molecule has 0 radical (unpaired) electrons. The Bertz CT molecular complexity index is 1020. The highest BCUT2D eigenvalue weighted by Crippen LogP contribution is 2.14. The first-order chi connectivity index (χ1) is 13.4. The second kappa shape index (κ2) is 8.30. The van der Waals surface area contributed by atoms with E-state index in [9.17, 15) is 14.0 Å². The highest BCUT2D eigenvalue weighted by molar-refractivity contribution is 6.05. The highest BCUT2D eigenvalue weighted by Gasteiger charge is 2.11. The number of hydrogen-bond acceptors (Lipinski definition) is 4. The van der Waals surface area contributed by atoms with E-state index in [1.54, 1.807) is 44.2 Å². The molecule has 2 amide bonds. The molecular weight excluding hydrogens is 361 g/mol. The van der Waals surface area contributed by atoms with Gasteiger partial charge in [-0.25, -0.2) is 9.82 Å². The van der Waals surface area contributed by atoms with Gasteiger partial charge in [0.1, 0.15) is 11.6 Å². The molecule has 0 atom stereocenters. The molecule has 6 nitrogen and oxygen atoms in total. The number of furan rings is 1. The molecule has 0 aliphatic carbocycles. The lowest BCUT2D eigenvalue weighted by Gasteiger charge is -2.07. The normalized spacial score (nSPS) is 11.2. The number of carbonyl (C=O) groups excluding carboxylic acids is 2. The lowest BCUT2D eigenvalue weighted by Crippen LogP contribution is -2.19. The van der Waals surface area contributed by atoms with Crippen molar-refractivity contribution in [3.05, 3.63) is 89.1 Å². The van der Waals surface area contributed by atoms with E-state index < -0.39 is 11.7 Å². The van der Waals surface area contributed by atoms with Gasteiger partial charge in [-0.3, -0.25) is 9.59 Å². The maximum Gasteiger partial charge on any atom is 0.271 e. The minimum absolute atomic E-state index is 0.254. The van der Waals surface area contributed by atoms with Crippen LogP contribution in [-0.4, -0.2) is 17.5 Å². The number of hydrogen-bond donors (Lipinski definition) is 2. The quantitative estimate of drug-likeness (QED) is 0.516. The average Bonchev–Trinajstić information content (AvgIpc) is 3.13. The van der Waals surface area contributed by atoms with Gasteiger partial charge in [0.05, 0.1) is 17.5 Å². The van der Waals surface area contributed by atoms with Crippen molar-refractivity contribution >= 4 is 23.2 Å². The van der Waals surface area contributed by atoms with Crippen molar-refractivity contribution in [2.45, 2.75) is 13.8 Å². The van der Waals surface area contributed by atoms with E-state index in [4.69, 9.17) is 4.42 Å². The van der Waals surface area contributed by atoms with E-state index in [2.05, 4.69) is 15.8 Å². The van der Waals surface area contributed by atoms with Crippen LogP contribution in [0.4, 0.5) is 10.1 Å². The summed E-state index contributed by atoms with van der Waals surface area (Å²) in [5.74, 6) is -0.546. The van der Waals surface area contributed by atoms with E-state index in [0.717, 1.165) is 5.56 Å². The molecule has 0 spiro atoms. The Hall–Kier alpha value is -3.74. The average molecular weight is 379 g/mol. The number of amides is 2. The van der Waals surface area contributed by atoms with Crippen LogP contribution < -0.4 is 10.7 Å². The first-order valence-corrected chi connectivity index (χ1v) is 8.50. The molecule has 142 valence electrons. The number of nitrogens with zero attached hydrogens (tertiary/aromatic N) is 1. The van der Waals surface area contributed by atoms with Gasteiger partial charge in [-0.05, 0) is 61.9 Å². The third kappa shape index (κ3) is 4.50. The van der Waals surface area contributed by atoms with Crippen LogP contribution in [-0.2, 0) is 0 Å². The van der Waals surface area contributed by atoms with Gasteiger partial charge in [0.15, 0.2) is 0 Å². The predicted molar refractivity (Wildman–Crippen MR) is 104 cm³/mol. The van der Waals surface area contributed by atoms with Crippen LogP contribution in [0.25, 0.3) is 0 Å². The number of aryl methyl sites for hydroxylation is 1. The third-order valence-electron chi connectivity index (χ3n) is 4.10. The number of rotatable bonds is 5. The lowest BCUT2D eigenvalue weighted by atomic mass is 10.1. The van der Waals surface area contributed by atoms with Crippen LogP contribution in [0.15, 0.2) is 70.4 Å². The fraction of sp³-hybridized carbons (Fsp3) is 0.0952. The molecule has 0 aliphatic heterocycles. The zero-order chi connectivity index (χ0) is 20.1. The lowest BCUT2D eigenvalue weighted by molar-refractivity contribution is 0.0954. The van der Waals surface area contributed by atoms with Gasteiger partial charge in [0.25, 0.3) is 11.8 Å². The number of benzene rings is 2. The third-order valence-corrected chi connectivity index (χ3v) is 4.10. The van der Waals surface area contributed by atoms with Crippen LogP contribution in [0.3, 0.4) is 0 Å². The molecule has 1 heterocycles. The van der Waals surface area contributed by atoms with Crippen molar-refractivity contribution in [2.75, 3.05) is 5.32 Å². The molecule has 2 N–H and O–H groups in total. The Labute approximate surface area is 161 Å². The Morgan fingerprint density at radius 1 is 0.929 bits per heavy atom. The first kappa shape index (κ1) is 19.0. The summed E-state index contributed by atoms with van der Waals surface area (Å²) in [6.45, 7) is 3.46. The van der Waals surface area contributed by atoms with E-state index in [1.165, 1.54) is 30.5 Å². The van der Waals surface area contributed by atoms with Crippen LogP contribution in [0, 0.1) is 12.7 Å². The molecule has 28 heavy (non-hydrogen) atoms. The van der Waals surface area contributed by atoms with Crippen molar-refractivity contribution in [1.82, 2.24) is 5.43 Å². The van der Waals surface area contributed by atoms with Gasteiger partial charge < -0.3 is 9.73 Å². The molecule has 0 saturated carbocycles. The van der Waals surface area contributed by atoms with Crippen LogP contribution >= 0.6 is 0 Å². The number of halogens is 1. The zero-order valence-electron chi connectivity index (χ0n) is 15.3. The van der Waals surface area contributed by atoms with Gasteiger partial charge in [-0.2, -0.15) is 5.10 Å². The van der Waals surface area contributed by atoms with Crippen molar-refractivity contribution in [2.24, 2.45) is 5.10 Å². The van der Waals surface area contributed by atoms with E-state index in [-0.39, 0.29) is 5.91 Å². The fourth-order valence-electron chi connectivity index (χ4n) is 2.48. The Morgan fingerprint density at radius 3 is 2.18 bits per heavy atom. The van der Waals surface area contributed by atoms with Gasteiger partial charge in [-0.15, -0.1) is 0 Å². The minimum Gasteiger partial charge on any atom is -0.469 e. The summed E-state index contributed by atoms with van der Waals surface area (Å²) < 4.78 is 18.0. The summed E-state index contributed by atoms with van der Waals surface area (Å²) in [6, 6.07) is 13.8. The topological polar surface area (TPSA) is 83.7 Å². The summed E-state index contributed by atoms with van der Waals surface area (Å²) in [6.07, 6.45) is 1.47. The number of hydrazone groups is 1. The molecule has 3 aromatic rings. The standard InChI is InChI=1S/C21H18FN3O3/c1-13(24-25-20(26)16-3-7-17(22)8-4-16)15-5-9-18(10-6-15)23-21(27)19-11-12-28-14(19)2/h3-12H,1-2H3,(H,23,27)(H,25,26)/b24-13-. The van der Waals surface area contributed by atoms with Crippen LogP contribution in [0.1, 0.15) is 39.0 Å². The second-order valence-corrected chi connectivity index (χ2v) is 6.07. The maximum atomic E-state index is 12.9. The maximum absolute atomic E-state index is 12.9. The molecule has 2 aromatic carbocycles. The Balaban J connectivity index is 1.63. The largest absolute Gasteiger partial charge is 0.469 e. The number of carbonyl (C=O) groups is 2. The molecule has 3 rings (SSSR count). The van der Waals surface area contributed by atoms with Gasteiger partial charge in [0, 0.05) is 11.3 Å². The van der Waals surface area contributed by atoms with E-state index in [1.807, 2.05) is 0 Å². The summed E-state index contributed by atoms with van der Waals surface area (Å²) >= 11 is 0. The molecule has 7 heteroatoms. The van der Waals surface area contributed by atoms with Gasteiger partial charge in [-0.1, -0.05) is 12.1 Å². The Kier molecular flexibility index (Phi) is 5.64. The van der Waals surface area contributed by atoms with Crippen molar-refractivity contribution in [3.8, 4) is 0 Å². The monoisotopic (exact) mass is 379 g/mol. The predicted octanol–water partition coefficient (Wildman–Crippen LogP) is 4.13. The summed E-state index contributed by atoms with van der Waals surface area (Å²) in [4.78, 5) is 24.2. The molecule has 0 unspecified atom stereocenters. The van der Waals surface area contributed by atoms with E-state index >= 15 is 0 Å². The van der Waals surface area contributed by atoms with Gasteiger partial charge in [0.2, 0.25) is 0 Å². The number of nitrogens with one attached hydrogen (secondary N) is 2. The smallest absolute Gasteiger partial charge is 0.271 e. The second-order valence-electron chi connectivity index (χ2n) is 6.07. The Morgan fingerprint density at radius 2 is 1.57 bits per heavy atom. The molecule has 0 fully saturated rings. The molecule has 0 bridgehead atoms. The molecule has 0 saturated heterocycles. The number of anilines is 1. The van der Waals surface area contributed by atoms with E-state index in [0.29, 0.717) is 28.3 Å². The van der Waals surface area contributed by atoms with Gasteiger partial charge >= 0.3 is 0 Å².